The molecule has 0 radical (unpaired) electrons. The van der Waals surface area contributed by atoms with Gasteiger partial charge in [-0.3, -0.25) is 0 Å². The molecule has 0 bridgehead atoms. The topological polar surface area (TPSA) is 40.5 Å². The molecule has 0 amide bonds. The molecule has 0 aromatic rings. The maximum absolute atomic E-state index is 10.9. The summed E-state index contributed by atoms with van der Waals surface area (Å²) in [5, 5.41) is 21.0. The van der Waals surface area contributed by atoms with Crippen LogP contribution in [0, 0.1) is 28.6 Å². The van der Waals surface area contributed by atoms with E-state index in [9.17, 15) is 10.2 Å². The van der Waals surface area contributed by atoms with Crippen molar-refractivity contribution in [2.45, 2.75) is 83.8 Å². The molecule has 0 aromatic heterocycles. The fourth-order valence-electron chi connectivity index (χ4n) is 6.89. The Morgan fingerprint density at radius 1 is 1.00 bits per heavy atom. The molecule has 4 aliphatic carbocycles. The predicted molar refractivity (Wildman–Crippen MR) is 88.3 cm³/mol. The number of fused-ring (bicyclic) bond motifs is 5. The van der Waals surface area contributed by atoms with Gasteiger partial charge in [-0.05, 0) is 86.9 Å². The van der Waals surface area contributed by atoms with Crippen molar-refractivity contribution in [2.75, 3.05) is 0 Å². The zero-order valence-electron chi connectivity index (χ0n) is 14.4. The fraction of sp³-hybridized carbons (Fsp3) is 0.900. The third-order valence-corrected chi connectivity index (χ3v) is 8.64. The van der Waals surface area contributed by atoms with E-state index in [4.69, 9.17) is 0 Å². The summed E-state index contributed by atoms with van der Waals surface area (Å²) in [5.41, 5.74) is 1.50. The zero-order valence-corrected chi connectivity index (χ0v) is 14.4. The summed E-state index contributed by atoms with van der Waals surface area (Å²) in [5.74, 6) is 2.20. The van der Waals surface area contributed by atoms with Gasteiger partial charge in [0.2, 0.25) is 0 Å². The molecule has 2 N–H and O–H groups in total. The van der Waals surface area contributed by atoms with E-state index in [2.05, 4.69) is 26.8 Å². The number of aliphatic hydroxyl groups excluding tert-OH is 1. The highest BCUT2D eigenvalue weighted by atomic mass is 16.3. The van der Waals surface area contributed by atoms with Crippen molar-refractivity contribution in [3.05, 3.63) is 11.6 Å². The first-order chi connectivity index (χ1) is 10.3. The van der Waals surface area contributed by atoms with Crippen LogP contribution in [0.5, 0.6) is 0 Å². The van der Waals surface area contributed by atoms with Gasteiger partial charge in [-0.1, -0.05) is 25.5 Å². The Hall–Kier alpha value is -0.340. The highest BCUT2D eigenvalue weighted by molar-refractivity contribution is 5.26. The molecule has 7 atom stereocenters. The van der Waals surface area contributed by atoms with Crippen molar-refractivity contribution in [3.8, 4) is 0 Å². The fourth-order valence-corrected chi connectivity index (χ4v) is 6.89. The van der Waals surface area contributed by atoms with Crippen LogP contribution in [-0.4, -0.2) is 21.9 Å². The van der Waals surface area contributed by atoms with Gasteiger partial charge in [0.15, 0.2) is 0 Å². The van der Waals surface area contributed by atoms with Gasteiger partial charge < -0.3 is 10.2 Å². The van der Waals surface area contributed by atoms with Crippen molar-refractivity contribution < 1.29 is 10.2 Å². The van der Waals surface area contributed by atoms with Gasteiger partial charge in [-0.15, -0.1) is 0 Å². The van der Waals surface area contributed by atoms with E-state index >= 15 is 0 Å². The molecule has 4 aliphatic rings. The molecular weight excluding hydrogens is 272 g/mol. The van der Waals surface area contributed by atoms with Gasteiger partial charge >= 0.3 is 0 Å². The summed E-state index contributed by atoms with van der Waals surface area (Å²) in [4.78, 5) is 0. The number of hydrogen-bond acceptors (Lipinski definition) is 2. The first-order valence-electron chi connectivity index (χ1n) is 9.38. The Morgan fingerprint density at radius 2 is 1.73 bits per heavy atom. The summed E-state index contributed by atoms with van der Waals surface area (Å²) in [6, 6.07) is 0. The van der Waals surface area contributed by atoms with Crippen LogP contribution in [0.1, 0.15) is 72.1 Å². The van der Waals surface area contributed by atoms with Gasteiger partial charge in [0.25, 0.3) is 0 Å². The monoisotopic (exact) mass is 304 g/mol. The highest BCUT2D eigenvalue weighted by Gasteiger charge is 2.61. The third-order valence-electron chi connectivity index (χ3n) is 8.64. The number of hydrogen-bond donors (Lipinski definition) is 2. The quantitative estimate of drug-likeness (QED) is 0.663. The van der Waals surface area contributed by atoms with Crippen LogP contribution in [0.3, 0.4) is 0 Å². The van der Waals surface area contributed by atoms with E-state index in [1.54, 1.807) is 5.57 Å². The smallest absolute Gasteiger partial charge is 0.0675 e. The Morgan fingerprint density at radius 3 is 2.50 bits per heavy atom. The standard InChI is InChI=1S/C20H32O2/c1-18-9-6-14(21)12-13(18)4-5-15-16(18)7-10-19(2)17(15)8-11-20(19,3)22/h4,14-17,21-22H,5-12H2,1-3H3/t14-,15+,16+,17-,18-,19+,20-/m1/s1. The Labute approximate surface area is 135 Å². The molecular formula is C20H32O2. The maximum atomic E-state index is 10.9. The minimum absolute atomic E-state index is 0.114. The second-order valence-corrected chi connectivity index (χ2v) is 9.42. The normalized spacial score (nSPS) is 57.6. The van der Waals surface area contributed by atoms with Crippen LogP contribution in [0.2, 0.25) is 0 Å². The molecule has 124 valence electrons. The van der Waals surface area contributed by atoms with Crippen LogP contribution in [-0.2, 0) is 0 Å². The molecule has 0 spiro atoms. The third kappa shape index (κ3) is 1.80. The zero-order chi connectivity index (χ0) is 15.8. The summed E-state index contributed by atoms with van der Waals surface area (Å²) < 4.78 is 0. The molecule has 0 saturated heterocycles. The average molecular weight is 304 g/mol. The molecule has 0 unspecified atom stereocenters. The summed E-state index contributed by atoms with van der Waals surface area (Å²) in [7, 11) is 0. The van der Waals surface area contributed by atoms with Crippen LogP contribution in [0.4, 0.5) is 0 Å². The second kappa shape index (κ2) is 4.60. The average Bonchev–Trinajstić information content (AvgIpc) is 2.70. The Balaban J connectivity index is 1.69. The first kappa shape index (κ1) is 15.2. The molecule has 2 heteroatoms. The summed E-state index contributed by atoms with van der Waals surface area (Å²) >= 11 is 0. The van der Waals surface area contributed by atoms with Gasteiger partial charge in [-0.25, -0.2) is 0 Å². The van der Waals surface area contributed by atoms with E-state index in [1.165, 1.54) is 25.7 Å². The van der Waals surface area contributed by atoms with E-state index in [0.29, 0.717) is 11.3 Å². The number of rotatable bonds is 0. The predicted octanol–water partition coefficient (Wildman–Crippen LogP) is 4.06. The molecule has 3 fully saturated rings. The van der Waals surface area contributed by atoms with Gasteiger partial charge in [0.05, 0.1) is 11.7 Å². The molecule has 2 nitrogen and oxygen atoms in total. The molecule has 0 heterocycles. The maximum Gasteiger partial charge on any atom is 0.0675 e. The molecule has 22 heavy (non-hydrogen) atoms. The lowest BCUT2D eigenvalue weighted by atomic mass is 9.47. The largest absolute Gasteiger partial charge is 0.393 e. The minimum atomic E-state index is -0.476. The van der Waals surface area contributed by atoms with Gasteiger partial charge in [0, 0.05) is 0 Å². The van der Waals surface area contributed by atoms with E-state index in [0.717, 1.165) is 37.5 Å². The molecule has 3 saturated carbocycles. The first-order valence-corrected chi connectivity index (χ1v) is 9.38. The number of aliphatic hydroxyl groups is 2. The Kier molecular flexibility index (Phi) is 3.18. The van der Waals surface area contributed by atoms with Crippen molar-refractivity contribution in [1.82, 2.24) is 0 Å². The number of allylic oxidation sites excluding steroid dienone is 1. The van der Waals surface area contributed by atoms with E-state index in [1.807, 2.05) is 0 Å². The summed E-state index contributed by atoms with van der Waals surface area (Å²) in [6.45, 7) is 6.90. The van der Waals surface area contributed by atoms with Crippen LogP contribution in [0.15, 0.2) is 11.6 Å². The lowest BCUT2D eigenvalue weighted by Crippen LogP contribution is -2.53. The van der Waals surface area contributed by atoms with Gasteiger partial charge in [0.1, 0.15) is 0 Å². The summed E-state index contributed by atoms with van der Waals surface area (Å²) in [6.07, 6.45) is 11.2. The minimum Gasteiger partial charge on any atom is -0.393 e. The van der Waals surface area contributed by atoms with Crippen molar-refractivity contribution >= 4 is 0 Å². The van der Waals surface area contributed by atoms with Crippen LogP contribution >= 0.6 is 0 Å². The van der Waals surface area contributed by atoms with Crippen LogP contribution in [0.25, 0.3) is 0 Å². The van der Waals surface area contributed by atoms with Crippen molar-refractivity contribution in [3.63, 3.8) is 0 Å². The van der Waals surface area contributed by atoms with E-state index < -0.39 is 5.60 Å². The van der Waals surface area contributed by atoms with Crippen molar-refractivity contribution in [1.29, 1.82) is 0 Å². The van der Waals surface area contributed by atoms with Crippen molar-refractivity contribution in [2.24, 2.45) is 28.6 Å². The lowest BCUT2D eigenvalue weighted by molar-refractivity contribution is -0.115. The van der Waals surface area contributed by atoms with E-state index in [-0.39, 0.29) is 11.5 Å². The van der Waals surface area contributed by atoms with Gasteiger partial charge in [-0.2, -0.15) is 0 Å². The molecule has 0 aliphatic heterocycles. The second-order valence-electron chi connectivity index (χ2n) is 9.42. The Bertz CT molecular complexity index is 508. The SMILES string of the molecule is C[C@]12CC[C@H]3[C@H](CC=C4C[C@H](O)CC[C@]43C)[C@H]1CC[C@@]2(C)O. The molecule has 4 rings (SSSR count). The molecule has 0 aromatic carbocycles. The lowest BCUT2D eigenvalue weighted by Gasteiger charge is -2.58. The highest BCUT2D eigenvalue weighted by Crippen LogP contribution is 2.66. The van der Waals surface area contributed by atoms with Crippen LogP contribution < -0.4 is 0 Å².